The number of carbonyl (C=O) groups excluding carboxylic acids is 1. The van der Waals surface area contributed by atoms with Crippen LogP contribution in [-0.2, 0) is 11.0 Å². The Morgan fingerprint density at radius 1 is 1.08 bits per heavy atom. The Morgan fingerprint density at radius 2 is 1.62 bits per heavy atom. The van der Waals surface area contributed by atoms with Gasteiger partial charge in [-0.2, -0.15) is 13.2 Å². The van der Waals surface area contributed by atoms with Gasteiger partial charge in [-0.25, -0.2) is 0 Å². The molecule has 0 spiro atoms. The third-order valence-corrected chi connectivity index (χ3v) is 6.39. The molecule has 130 valence electrons. The maximum Gasteiger partial charge on any atom is 0.416 e. The van der Waals surface area contributed by atoms with Gasteiger partial charge in [0.15, 0.2) is 0 Å². The molecule has 1 N–H and O–H groups in total. The molecule has 4 aliphatic carbocycles. The van der Waals surface area contributed by atoms with Gasteiger partial charge in [0.25, 0.3) is 0 Å². The van der Waals surface area contributed by atoms with Crippen LogP contribution in [0.2, 0.25) is 5.02 Å². The van der Waals surface area contributed by atoms with E-state index in [0.717, 1.165) is 31.4 Å². The number of hydrogen-bond donors (Lipinski definition) is 1. The topological polar surface area (TPSA) is 29.1 Å². The summed E-state index contributed by atoms with van der Waals surface area (Å²) in [5.41, 5.74) is -1.15. The van der Waals surface area contributed by atoms with Crippen molar-refractivity contribution in [3.05, 3.63) is 28.8 Å². The van der Waals surface area contributed by atoms with E-state index < -0.39 is 17.2 Å². The molecule has 0 unspecified atom stereocenters. The number of nitrogens with one attached hydrogen (secondary N) is 1. The van der Waals surface area contributed by atoms with Crippen LogP contribution in [0.1, 0.15) is 44.1 Å². The molecule has 6 heteroatoms. The molecule has 4 saturated carbocycles. The van der Waals surface area contributed by atoms with Crippen molar-refractivity contribution < 1.29 is 18.0 Å². The van der Waals surface area contributed by atoms with Crippen LogP contribution in [0.4, 0.5) is 18.9 Å². The zero-order valence-corrected chi connectivity index (χ0v) is 13.9. The summed E-state index contributed by atoms with van der Waals surface area (Å²) in [6.07, 6.45) is 1.75. The van der Waals surface area contributed by atoms with Crippen LogP contribution < -0.4 is 5.32 Å². The Bertz CT molecular complexity index is 650. The molecule has 1 aromatic carbocycles. The zero-order chi connectivity index (χ0) is 17.1. The van der Waals surface area contributed by atoms with Crippen LogP contribution in [0.25, 0.3) is 0 Å². The maximum absolute atomic E-state index is 12.9. The van der Waals surface area contributed by atoms with E-state index in [1.165, 1.54) is 25.3 Å². The van der Waals surface area contributed by atoms with E-state index >= 15 is 0 Å². The van der Waals surface area contributed by atoms with E-state index in [-0.39, 0.29) is 16.6 Å². The third-order valence-electron chi connectivity index (χ3n) is 6.06. The second-order valence-corrected chi connectivity index (χ2v) is 8.25. The monoisotopic (exact) mass is 357 g/mol. The fourth-order valence-corrected chi connectivity index (χ4v) is 5.61. The highest BCUT2D eigenvalue weighted by molar-refractivity contribution is 6.33. The summed E-state index contributed by atoms with van der Waals surface area (Å²) in [6, 6.07) is 3.06. The van der Waals surface area contributed by atoms with Crippen molar-refractivity contribution in [2.75, 3.05) is 5.32 Å². The van der Waals surface area contributed by atoms with E-state index in [9.17, 15) is 18.0 Å². The molecule has 4 fully saturated rings. The molecule has 0 saturated heterocycles. The van der Waals surface area contributed by atoms with E-state index in [1.54, 1.807) is 0 Å². The average molecular weight is 358 g/mol. The fourth-order valence-electron chi connectivity index (χ4n) is 5.44. The van der Waals surface area contributed by atoms with Crippen molar-refractivity contribution in [1.82, 2.24) is 0 Å². The minimum absolute atomic E-state index is 0.0623. The predicted octanol–water partition coefficient (Wildman–Crippen LogP) is 5.51. The number of halogens is 4. The molecule has 4 aliphatic rings. The number of rotatable bonds is 2. The van der Waals surface area contributed by atoms with Gasteiger partial charge >= 0.3 is 6.18 Å². The summed E-state index contributed by atoms with van der Waals surface area (Å²) < 4.78 is 38.7. The van der Waals surface area contributed by atoms with Crippen molar-refractivity contribution in [2.24, 2.45) is 23.2 Å². The van der Waals surface area contributed by atoms with Gasteiger partial charge in [-0.3, -0.25) is 4.79 Å². The fraction of sp³-hybridized carbons (Fsp3) is 0.611. The second kappa shape index (κ2) is 5.38. The molecular formula is C18H19ClF3NO. The first kappa shape index (κ1) is 16.2. The molecule has 0 aliphatic heterocycles. The lowest BCUT2D eigenvalue weighted by Gasteiger charge is -2.55. The van der Waals surface area contributed by atoms with Gasteiger partial charge in [0.1, 0.15) is 0 Å². The van der Waals surface area contributed by atoms with Gasteiger partial charge in [0.2, 0.25) is 5.91 Å². The first-order chi connectivity index (χ1) is 11.2. The quantitative estimate of drug-likeness (QED) is 0.742. The van der Waals surface area contributed by atoms with E-state index in [2.05, 4.69) is 5.32 Å². The van der Waals surface area contributed by atoms with Gasteiger partial charge in [-0.1, -0.05) is 11.6 Å². The zero-order valence-electron chi connectivity index (χ0n) is 13.1. The maximum atomic E-state index is 12.9. The summed E-state index contributed by atoms with van der Waals surface area (Å²) in [5, 5.41) is 2.85. The lowest BCUT2D eigenvalue weighted by Crippen LogP contribution is -2.51. The third kappa shape index (κ3) is 2.71. The Hall–Kier alpha value is -1.23. The van der Waals surface area contributed by atoms with Crippen molar-refractivity contribution in [2.45, 2.75) is 44.7 Å². The molecule has 0 aromatic heterocycles. The van der Waals surface area contributed by atoms with Crippen LogP contribution in [-0.4, -0.2) is 5.91 Å². The van der Waals surface area contributed by atoms with Gasteiger partial charge in [0.05, 0.1) is 21.7 Å². The number of hydrogen-bond acceptors (Lipinski definition) is 1. The molecule has 0 atom stereocenters. The Morgan fingerprint density at radius 3 is 2.12 bits per heavy atom. The highest BCUT2D eigenvalue weighted by atomic mass is 35.5. The highest BCUT2D eigenvalue weighted by Crippen LogP contribution is 2.60. The number of alkyl halides is 3. The Labute approximate surface area is 143 Å². The van der Waals surface area contributed by atoms with Gasteiger partial charge in [-0.05, 0) is 74.5 Å². The lowest BCUT2D eigenvalue weighted by atomic mass is 9.49. The van der Waals surface area contributed by atoms with E-state index in [0.29, 0.717) is 17.8 Å². The van der Waals surface area contributed by atoms with Gasteiger partial charge < -0.3 is 5.32 Å². The standard InChI is InChI=1S/C18H19ClF3NO/c19-14-2-1-13(18(20,21)22)6-15(14)23-16(24)17-7-10-3-11(8-17)5-12(4-10)9-17/h1-2,6,10-12H,3-5,7-9H2,(H,23,24). The van der Waals surface area contributed by atoms with Crippen molar-refractivity contribution in [1.29, 1.82) is 0 Å². The smallest absolute Gasteiger partial charge is 0.324 e. The molecule has 0 heterocycles. The first-order valence-corrected chi connectivity index (χ1v) is 8.81. The van der Waals surface area contributed by atoms with Crippen molar-refractivity contribution in [3.63, 3.8) is 0 Å². The van der Waals surface area contributed by atoms with Crippen LogP contribution in [0, 0.1) is 23.2 Å². The highest BCUT2D eigenvalue weighted by Gasteiger charge is 2.54. The van der Waals surface area contributed by atoms with Crippen LogP contribution in [0.15, 0.2) is 18.2 Å². The summed E-state index contributed by atoms with van der Waals surface area (Å²) in [7, 11) is 0. The average Bonchev–Trinajstić information content (AvgIpc) is 2.46. The van der Waals surface area contributed by atoms with E-state index in [1.807, 2.05) is 0 Å². The summed E-state index contributed by atoms with van der Waals surface area (Å²) >= 11 is 6.02. The summed E-state index contributed by atoms with van der Waals surface area (Å²) in [5.74, 6) is 1.64. The number of benzene rings is 1. The first-order valence-electron chi connectivity index (χ1n) is 8.43. The molecule has 1 amide bonds. The second-order valence-electron chi connectivity index (χ2n) is 7.84. The molecule has 1 aromatic rings. The minimum Gasteiger partial charge on any atom is -0.324 e. The summed E-state index contributed by atoms with van der Waals surface area (Å²) in [6.45, 7) is 0. The molecule has 5 rings (SSSR count). The molecular weight excluding hydrogens is 339 g/mol. The summed E-state index contributed by atoms with van der Waals surface area (Å²) in [4.78, 5) is 12.9. The van der Waals surface area contributed by atoms with Crippen LogP contribution >= 0.6 is 11.6 Å². The number of amides is 1. The normalized spacial score (nSPS) is 34.4. The Kier molecular flexibility index (Phi) is 3.64. The molecule has 2 nitrogen and oxygen atoms in total. The molecule has 0 radical (unpaired) electrons. The number of carbonyl (C=O) groups is 1. The lowest BCUT2D eigenvalue weighted by molar-refractivity contribution is -0.140. The van der Waals surface area contributed by atoms with Crippen LogP contribution in [0.3, 0.4) is 0 Å². The number of anilines is 1. The van der Waals surface area contributed by atoms with Gasteiger partial charge in [-0.15, -0.1) is 0 Å². The van der Waals surface area contributed by atoms with E-state index in [4.69, 9.17) is 11.6 Å². The van der Waals surface area contributed by atoms with Crippen LogP contribution in [0.5, 0.6) is 0 Å². The van der Waals surface area contributed by atoms with Crippen molar-refractivity contribution >= 4 is 23.2 Å². The Balaban J connectivity index is 1.59. The largest absolute Gasteiger partial charge is 0.416 e. The molecule has 24 heavy (non-hydrogen) atoms. The molecule has 4 bridgehead atoms. The van der Waals surface area contributed by atoms with Crippen molar-refractivity contribution in [3.8, 4) is 0 Å². The minimum atomic E-state index is -4.45. The SMILES string of the molecule is O=C(Nc1cc(C(F)(F)F)ccc1Cl)C12CC3CC(CC(C3)C1)C2. The predicted molar refractivity (Wildman–Crippen MR) is 85.7 cm³/mol. The van der Waals surface area contributed by atoms with Gasteiger partial charge in [0, 0.05) is 0 Å².